The van der Waals surface area contributed by atoms with Gasteiger partial charge in [-0.25, -0.2) is 0 Å². The van der Waals surface area contributed by atoms with E-state index in [-0.39, 0.29) is 11.8 Å². The molecule has 1 rings (SSSR count). The lowest BCUT2D eigenvalue weighted by Gasteiger charge is -2.15. The molecule has 0 bridgehead atoms. The number of nitrogens with two attached hydrogens (primary N) is 1. The number of ether oxygens (including phenoxy) is 1. The van der Waals surface area contributed by atoms with Crippen molar-refractivity contribution in [3.8, 4) is 0 Å². The Morgan fingerprint density at radius 1 is 1.41 bits per heavy atom. The Bertz CT molecular complexity index is 261. The summed E-state index contributed by atoms with van der Waals surface area (Å²) in [6.07, 6.45) is 10.5. The van der Waals surface area contributed by atoms with Crippen LogP contribution in [0.2, 0.25) is 0 Å². The molecular formula is C14H25NO2. The first kappa shape index (κ1) is 14.4. The normalized spacial score (nSPS) is 19.1. The van der Waals surface area contributed by atoms with Gasteiger partial charge >= 0.3 is 0 Å². The minimum absolute atomic E-state index is 0.156. The van der Waals surface area contributed by atoms with Crippen LogP contribution in [0.1, 0.15) is 51.4 Å². The summed E-state index contributed by atoms with van der Waals surface area (Å²) >= 11 is 0. The third kappa shape index (κ3) is 5.46. The van der Waals surface area contributed by atoms with E-state index in [4.69, 9.17) is 10.5 Å². The van der Waals surface area contributed by atoms with Crippen molar-refractivity contribution < 1.29 is 9.53 Å². The second kappa shape index (κ2) is 8.43. The fourth-order valence-electron chi connectivity index (χ4n) is 2.23. The summed E-state index contributed by atoms with van der Waals surface area (Å²) in [5.74, 6) is 0.156. The topological polar surface area (TPSA) is 52.3 Å². The average molecular weight is 239 g/mol. The summed E-state index contributed by atoms with van der Waals surface area (Å²) in [4.78, 5) is 12.1. The lowest BCUT2D eigenvalue weighted by Crippen LogP contribution is -2.32. The van der Waals surface area contributed by atoms with Crippen molar-refractivity contribution in [2.45, 2.75) is 57.4 Å². The second-order valence-electron chi connectivity index (χ2n) is 4.79. The third-order valence-corrected chi connectivity index (χ3v) is 3.31. The highest BCUT2D eigenvalue weighted by atomic mass is 16.5. The molecule has 0 saturated heterocycles. The molecule has 1 aliphatic carbocycles. The molecule has 17 heavy (non-hydrogen) atoms. The Morgan fingerprint density at radius 3 is 2.94 bits per heavy atom. The first-order valence-electron chi connectivity index (χ1n) is 6.73. The molecule has 0 radical (unpaired) electrons. The number of methoxy groups -OCH3 is 1. The summed E-state index contributed by atoms with van der Waals surface area (Å²) in [6.45, 7) is 0.681. The van der Waals surface area contributed by atoms with Gasteiger partial charge in [0.15, 0.2) is 5.78 Å². The van der Waals surface area contributed by atoms with Crippen molar-refractivity contribution in [3.05, 3.63) is 11.6 Å². The van der Waals surface area contributed by atoms with Gasteiger partial charge in [0, 0.05) is 13.7 Å². The van der Waals surface area contributed by atoms with E-state index in [1.807, 2.05) is 0 Å². The van der Waals surface area contributed by atoms with Crippen molar-refractivity contribution in [2.24, 2.45) is 5.73 Å². The van der Waals surface area contributed by atoms with E-state index in [2.05, 4.69) is 6.08 Å². The van der Waals surface area contributed by atoms with Gasteiger partial charge in [0.25, 0.3) is 0 Å². The maximum absolute atomic E-state index is 12.1. The molecule has 0 amide bonds. The maximum atomic E-state index is 12.1. The zero-order valence-corrected chi connectivity index (χ0v) is 10.9. The molecule has 0 aromatic rings. The fourth-order valence-corrected chi connectivity index (χ4v) is 2.23. The van der Waals surface area contributed by atoms with Crippen LogP contribution >= 0.6 is 0 Å². The van der Waals surface area contributed by atoms with Crippen LogP contribution in [0.15, 0.2) is 11.6 Å². The average Bonchev–Trinajstić information content (AvgIpc) is 2.28. The molecule has 0 saturated carbocycles. The van der Waals surface area contributed by atoms with Crippen LogP contribution in [0.3, 0.4) is 0 Å². The first-order valence-corrected chi connectivity index (χ1v) is 6.73. The smallest absolute Gasteiger partial charge is 0.175 e. The van der Waals surface area contributed by atoms with E-state index in [1.165, 1.54) is 19.3 Å². The van der Waals surface area contributed by atoms with Crippen LogP contribution in [0, 0.1) is 0 Å². The van der Waals surface area contributed by atoms with E-state index in [0.29, 0.717) is 6.61 Å². The molecule has 98 valence electrons. The zero-order chi connectivity index (χ0) is 12.5. The van der Waals surface area contributed by atoms with Crippen molar-refractivity contribution in [2.75, 3.05) is 13.7 Å². The number of carbonyl (C=O) groups excluding carboxylic acids is 1. The largest absolute Gasteiger partial charge is 0.385 e. The second-order valence-corrected chi connectivity index (χ2v) is 4.79. The summed E-state index contributed by atoms with van der Waals surface area (Å²) in [5, 5.41) is 0. The quantitative estimate of drug-likeness (QED) is 0.725. The number of Topliss-reactive ketones (excluding diaryl/α,β-unsaturated/α-hetero) is 1. The van der Waals surface area contributed by atoms with Gasteiger partial charge in [0.05, 0.1) is 6.04 Å². The standard InChI is InChI=1S/C14H25NO2/c1-17-11-7-10-13(15)14(16)12-8-5-3-2-4-6-9-12/h8,13H,2-7,9-11,15H2,1H3. The van der Waals surface area contributed by atoms with Gasteiger partial charge in [-0.2, -0.15) is 0 Å². The van der Waals surface area contributed by atoms with Gasteiger partial charge in [-0.3, -0.25) is 4.79 Å². The van der Waals surface area contributed by atoms with Crippen molar-refractivity contribution in [1.82, 2.24) is 0 Å². The van der Waals surface area contributed by atoms with E-state index in [0.717, 1.165) is 37.7 Å². The number of carbonyl (C=O) groups is 1. The monoisotopic (exact) mass is 239 g/mol. The zero-order valence-electron chi connectivity index (χ0n) is 10.9. The third-order valence-electron chi connectivity index (χ3n) is 3.31. The first-order chi connectivity index (χ1) is 8.25. The molecule has 1 unspecified atom stereocenters. The molecular weight excluding hydrogens is 214 g/mol. The van der Waals surface area contributed by atoms with Gasteiger partial charge in [0.1, 0.15) is 0 Å². The van der Waals surface area contributed by atoms with Crippen molar-refractivity contribution in [1.29, 1.82) is 0 Å². The van der Waals surface area contributed by atoms with Crippen LogP contribution < -0.4 is 5.73 Å². The van der Waals surface area contributed by atoms with E-state index in [9.17, 15) is 4.79 Å². The minimum Gasteiger partial charge on any atom is -0.385 e. The Kier molecular flexibility index (Phi) is 7.13. The fraction of sp³-hybridized carbons (Fsp3) is 0.786. The van der Waals surface area contributed by atoms with Crippen LogP contribution in [0.5, 0.6) is 0 Å². The Morgan fingerprint density at radius 2 is 2.18 bits per heavy atom. The van der Waals surface area contributed by atoms with Crippen molar-refractivity contribution >= 4 is 5.78 Å². The van der Waals surface area contributed by atoms with Crippen LogP contribution in [0.4, 0.5) is 0 Å². The summed E-state index contributed by atoms with van der Waals surface area (Å²) in [6, 6.07) is -0.337. The molecule has 1 atom stereocenters. The molecule has 0 fully saturated rings. The number of ketones is 1. The summed E-state index contributed by atoms with van der Waals surface area (Å²) < 4.78 is 4.97. The predicted molar refractivity (Wildman–Crippen MR) is 69.9 cm³/mol. The highest BCUT2D eigenvalue weighted by molar-refractivity contribution is 5.99. The SMILES string of the molecule is COCCCC(N)C(=O)C1=CCCCCCC1. The van der Waals surface area contributed by atoms with E-state index < -0.39 is 0 Å². The van der Waals surface area contributed by atoms with Gasteiger partial charge in [-0.1, -0.05) is 18.9 Å². The molecule has 0 spiro atoms. The molecule has 0 heterocycles. The number of rotatable bonds is 6. The summed E-state index contributed by atoms with van der Waals surface area (Å²) in [7, 11) is 1.67. The number of allylic oxidation sites excluding steroid dienone is 1. The molecule has 0 aromatic carbocycles. The highest BCUT2D eigenvalue weighted by Gasteiger charge is 2.18. The molecule has 0 aromatic heterocycles. The Balaban J connectivity index is 2.42. The van der Waals surface area contributed by atoms with Gasteiger partial charge < -0.3 is 10.5 Å². The van der Waals surface area contributed by atoms with Gasteiger partial charge in [-0.15, -0.1) is 0 Å². The van der Waals surface area contributed by atoms with E-state index in [1.54, 1.807) is 7.11 Å². The molecule has 3 heteroatoms. The Hall–Kier alpha value is -0.670. The van der Waals surface area contributed by atoms with Crippen LogP contribution in [-0.2, 0) is 9.53 Å². The minimum atomic E-state index is -0.337. The van der Waals surface area contributed by atoms with Crippen LogP contribution in [0.25, 0.3) is 0 Å². The molecule has 0 aliphatic heterocycles. The lowest BCUT2D eigenvalue weighted by atomic mass is 9.93. The number of hydrogen-bond donors (Lipinski definition) is 1. The maximum Gasteiger partial charge on any atom is 0.175 e. The highest BCUT2D eigenvalue weighted by Crippen LogP contribution is 2.19. The van der Waals surface area contributed by atoms with Gasteiger partial charge in [-0.05, 0) is 44.1 Å². The Labute approximate surface area is 104 Å². The molecule has 2 N–H and O–H groups in total. The van der Waals surface area contributed by atoms with Crippen molar-refractivity contribution in [3.63, 3.8) is 0 Å². The summed E-state index contributed by atoms with van der Waals surface area (Å²) in [5.41, 5.74) is 6.90. The van der Waals surface area contributed by atoms with Crippen LogP contribution in [-0.4, -0.2) is 25.5 Å². The number of hydrogen-bond acceptors (Lipinski definition) is 3. The predicted octanol–water partition coefficient (Wildman–Crippen LogP) is 2.59. The lowest BCUT2D eigenvalue weighted by molar-refractivity contribution is -0.117. The molecule has 1 aliphatic rings. The molecule has 3 nitrogen and oxygen atoms in total. The van der Waals surface area contributed by atoms with E-state index >= 15 is 0 Å². The van der Waals surface area contributed by atoms with Gasteiger partial charge in [0.2, 0.25) is 0 Å².